The number of morpholine rings is 1. The number of hydrogen-bond donors (Lipinski definition) is 0. The highest BCUT2D eigenvalue weighted by Crippen LogP contribution is 2.27. The van der Waals surface area contributed by atoms with Gasteiger partial charge in [-0.2, -0.15) is 0 Å². The third-order valence-corrected chi connectivity index (χ3v) is 4.10. The van der Waals surface area contributed by atoms with E-state index in [9.17, 15) is 0 Å². The van der Waals surface area contributed by atoms with E-state index in [0.29, 0.717) is 19.2 Å². The van der Waals surface area contributed by atoms with Gasteiger partial charge in [-0.05, 0) is 12.1 Å². The first-order chi connectivity index (χ1) is 11.8. The highest BCUT2D eigenvalue weighted by molar-refractivity contribution is 5.87. The first kappa shape index (κ1) is 14.8. The lowest BCUT2D eigenvalue weighted by atomic mass is 10.3. The number of aromatic nitrogens is 4. The summed E-state index contributed by atoms with van der Waals surface area (Å²) >= 11 is 0. The first-order valence-corrected chi connectivity index (χ1v) is 7.92. The minimum atomic E-state index is 0.698. The summed E-state index contributed by atoms with van der Waals surface area (Å²) < 4.78 is 5.40. The molecule has 0 saturated carbocycles. The number of hydrogen-bond acceptors (Lipinski definition) is 7. The van der Waals surface area contributed by atoms with Gasteiger partial charge in [-0.1, -0.05) is 18.2 Å². The van der Waals surface area contributed by atoms with Crippen LogP contribution in [-0.4, -0.2) is 53.3 Å². The van der Waals surface area contributed by atoms with Crippen LogP contribution in [0.3, 0.4) is 0 Å². The zero-order valence-corrected chi connectivity index (χ0v) is 13.5. The molecule has 0 radical (unpaired) electrons. The van der Waals surface area contributed by atoms with Crippen LogP contribution in [-0.2, 0) is 4.74 Å². The number of ether oxygens (including phenoxy) is 1. The van der Waals surface area contributed by atoms with E-state index >= 15 is 0 Å². The quantitative estimate of drug-likeness (QED) is 0.731. The maximum Gasteiger partial charge on any atom is 0.226 e. The molecule has 7 heteroatoms. The molecule has 1 fully saturated rings. The summed E-state index contributed by atoms with van der Waals surface area (Å²) in [5.74, 6) is 1.46. The van der Waals surface area contributed by atoms with E-state index in [0.717, 1.165) is 35.6 Å². The zero-order chi connectivity index (χ0) is 16.4. The number of para-hydroxylation sites is 1. The fourth-order valence-electron chi connectivity index (χ4n) is 2.77. The molecule has 3 aromatic rings. The lowest BCUT2D eigenvalue weighted by Crippen LogP contribution is -2.37. The van der Waals surface area contributed by atoms with E-state index in [1.165, 1.54) is 0 Å². The minimum Gasteiger partial charge on any atom is -0.378 e. The van der Waals surface area contributed by atoms with Crippen LogP contribution in [0.2, 0.25) is 0 Å². The Labute approximate surface area is 140 Å². The SMILES string of the molecule is CN(c1ccccc1)c1ncnc2cnc(N3CCOCC3)nc12. The third-order valence-electron chi connectivity index (χ3n) is 4.10. The molecular formula is C17H18N6O. The van der Waals surface area contributed by atoms with Gasteiger partial charge >= 0.3 is 0 Å². The standard InChI is InChI=1S/C17H18N6O/c1-22(13-5-3-2-4-6-13)16-15-14(19-12-20-16)11-18-17(21-15)23-7-9-24-10-8-23/h2-6,11-12H,7-10H2,1H3. The molecule has 7 nitrogen and oxygen atoms in total. The Morgan fingerprint density at radius 1 is 1.04 bits per heavy atom. The summed E-state index contributed by atoms with van der Waals surface area (Å²) in [5, 5.41) is 0. The smallest absolute Gasteiger partial charge is 0.226 e. The molecule has 3 heterocycles. The van der Waals surface area contributed by atoms with Crippen LogP contribution in [0.4, 0.5) is 17.5 Å². The van der Waals surface area contributed by atoms with Crippen LogP contribution in [0, 0.1) is 0 Å². The molecule has 0 unspecified atom stereocenters. The molecular weight excluding hydrogens is 304 g/mol. The van der Waals surface area contributed by atoms with Crippen molar-refractivity contribution in [3.63, 3.8) is 0 Å². The Kier molecular flexibility index (Phi) is 3.92. The van der Waals surface area contributed by atoms with Gasteiger partial charge in [-0.25, -0.2) is 19.9 Å². The normalized spacial score (nSPS) is 14.8. The zero-order valence-electron chi connectivity index (χ0n) is 13.5. The van der Waals surface area contributed by atoms with E-state index in [1.54, 1.807) is 12.5 Å². The van der Waals surface area contributed by atoms with Crippen LogP contribution >= 0.6 is 0 Å². The molecule has 24 heavy (non-hydrogen) atoms. The summed E-state index contributed by atoms with van der Waals surface area (Å²) in [5.41, 5.74) is 2.53. The monoisotopic (exact) mass is 322 g/mol. The van der Waals surface area contributed by atoms with Crippen molar-refractivity contribution in [1.82, 2.24) is 19.9 Å². The minimum absolute atomic E-state index is 0.698. The molecule has 0 aliphatic carbocycles. The molecule has 2 aromatic heterocycles. The lowest BCUT2D eigenvalue weighted by molar-refractivity contribution is 0.122. The van der Waals surface area contributed by atoms with Crippen molar-refractivity contribution in [3.8, 4) is 0 Å². The number of benzene rings is 1. The molecule has 1 aromatic carbocycles. The van der Waals surface area contributed by atoms with E-state index in [1.807, 2.05) is 42.3 Å². The Morgan fingerprint density at radius 2 is 1.83 bits per heavy atom. The molecule has 1 aliphatic rings. The van der Waals surface area contributed by atoms with Gasteiger partial charge < -0.3 is 14.5 Å². The van der Waals surface area contributed by atoms with Gasteiger partial charge in [-0.15, -0.1) is 0 Å². The van der Waals surface area contributed by atoms with Gasteiger partial charge in [0.05, 0.1) is 19.4 Å². The van der Waals surface area contributed by atoms with Gasteiger partial charge in [0.25, 0.3) is 0 Å². The summed E-state index contributed by atoms with van der Waals surface area (Å²) in [7, 11) is 1.98. The second kappa shape index (κ2) is 6.37. The average Bonchev–Trinajstić information content (AvgIpc) is 2.68. The van der Waals surface area contributed by atoms with Gasteiger partial charge in [0, 0.05) is 25.8 Å². The van der Waals surface area contributed by atoms with Crippen LogP contribution in [0.15, 0.2) is 42.9 Å². The van der Waals surface area contributed by atoms with Crippen molar-refractivity contribution >= 4 is 28.5 Å². The average molecular weight is 322 g/mol. The number of fused-ring (bicyclic) bond motifs is 1. The molecule has 4 rings (SSSR count). The highest BCUT2D eigenvalue weighted by Gasteiger charge is 2.17. The van der Waals surface area contributed by atoms with E-state index in [2.05, 4.69) is 19.9 Å². The number of rotatable bonds is 3. The van der Waals surface area contributed by atoms with Crippen LogP contribution in [0.25, 0.3) is 11.0 Å². The van der Waals surface area contributed by atoms with Crippen molar-refractivity contribution in [1.29, 1.82) is 0 Å². The summed E-state index contributed by atoms with van der Waals surface area (Å²) in [6, 6.07) is 10.1. The number of anilines is 3. The summed E-state index contributed by atoms with van der Waals surface area (Å²) in [6.07, 6.45) is 3.31. The van der Waals surface area contributed by atoms with Crippen LogP contribution < -0.4 is 9.80 Å². The molecule has 0 spiro atoms. The van der Waals surface area contributed by atoms with Gasteiger partial charge in [0.15, 0.2) is 5.82 Å². The first-order valence-electron chi connectivity index (χ1n) is 7.92. The van der Waals surface area contributed by atoms with Crippen molar-refractivity contribution < 1.29 is 4.74 Å². The van der Waals surface area contributed by atoms with Crippen molar-refractivity contribution in [3.05, 3.63) is 42.9 Å². The van der Waals surface area contributed by atoms with Crippen molar-refractivity contribution in [2.45, 2.75) is 0 Å². The summed E-state index contributed by atoms with van der Waals surface area (Å²) in [4.78, 5) is 22.1. The third kappa shape index (κ3) is 2.74. The van der Waals surface area contributed by atoms with Gasteiger partial charge in [0.2, 0.25) is 5.95 Å². The predicted molar refractivity (Wildman–Crippen MR) is 92.7 cm³/mol. The largest absolute Gasteiger partial charge is 0.378 e. The van der Waals surface area contributed by atoms with Crippen LogP contribution in [0.5, 0.6) is 0 Å². The summed E-state index contributed by atoms with van der Waals surface area (Å²) in [6.45, 7) is 2.99. The van der Waals surface area contributed by atoms with Crippen molar-refractivity contribution in [2.24, 2.45) is 0 Å². The highest BCUT2D eigenvalue weighted by atomic mass is 16.5. The Balaban J connectivity index is 1.77. The Hall–Kier alpha value is -2.80. The second-order valence-corrected chi connectivity index (χ2v) is 5.60. The van der Waals surface area contributed by atoms with Gasteiger partial charge in [0.1, 0.15) is 17.4 Å². The molecule has 0 N–H and O–H groups in total. The number of nitrogens with zero attached hydrogens (tertiary/aromatic N) is 6. The Bertz CT molecular complexity index is 835. The van der Waals surface area contributed by atoms with E-state index in [-0.39, 0.29) is 0 Å². The van der Waals surface area contributed by atoms with E-state index < -0.39 is 0 Å². The molecule has 0 amide bonds. The van der Waals surface area contributed by atoms with E-state index in [4.69, 9.17) is 9.72 Å². The Morgan fingerprint density at radius 3 is 2.62 bits per heavy atom. The lowest BCUT2D eigenvalue weighted by Gasteiger charge is -2.27. The molecule has 1 aliphatic heterocycles. The molecule has 1 saturated heterocycles. The molecule has 0 atom stereocenters. The van der Waals surface area contributed by atoms with Crippen molar-refractivity contribution in [2.75, 3.05) is 43.2 Å². The molecule has 122 valence electrons. The molecule has 0 bridgehead atoms. The second-order valence-electron chi connectivity index (χ2n) is 5.60. The van der Waals surface area contributed by atoms with Gasteiger partial charge in [-0.3, -0.25) is 0 Å². The topological polar surface area (TPSA) is 67.3 Å². The fourth-order valence-corrected chi connectivity index (χ4v) is 2.77. The maximum absolute atomic E-state index is 5.40. The fraction of sp³-hybridized carbons (Fsp3) is 0.294. The maximum atomic E-state index is 5.40. The van der Waals surface area contributed by atoms with Crippen LogP contribution in [0.1, 0.15) is 0 Å². The predicted octanol–water partition coefficient (Wildman–Crippen LogP) is 2.02.